The van der Waals surface area contributed by atoms with Gasteiger partial charge >= 0.3 is 5.97 Å². The van der Waals surface area contributed by atoms with Crippen LogP contribution in [-0.4, -0.2) is 19.6 Å². The minimum absolute atomic E-state index is 0.0488. The van der Waals surface area contributed by atoms with Gasteiger partial charge in [0.05, 0.1) is 12.7 Å². The van der Waals surface area contributed by atoms with Gasteiger partial charge in [0.1, 0.15) is 11.6 Å². The molecule has 0 heterocycles. The Morgan fingerprint density at radius 3 is 2.60 bits per heavy atom. The standard InChI is InChI=1S/C20H27F2NO2/c1-13-7-14(2)9-15(8-13)5-4-6-23-12-17-18(21)10-16(11-19(17)22)20(24)25-3/h10-11,14-15,23H,1,4-9,12H2,2-3H3. The lowest BCUT2D eigenvalue weighted by Gasteiger charge is -2.28. The zero-order chi connectivity index (χ0) is 18.4. The molecule has 1 aromatic carbocycles. The molecular formula is C20H27F2NO2. The summed E-state index contributed by atoms with van der Waals surface area (Å²) in [7, 11) is 1.18. The maximum atomic E-state index is 14.0. The fourth-order valence-corrected chi connectivity index (χ4v) is 3.68. The number of halogens is 2. The van der Waals surface area contributed by atoms with Gasteiger partial charge in [-0.1, -0.05) is 19.1 Å². The topological polar surface area (TPSA) is 38.3 Å². The molecule has 0 amide bonds. The van der Waals surface area contributed by atoms with Crippen LogP contribution in [0.2, 0.25) is 0 Å². The first-order valence-corrected chi connectivity index (χ1v) is 8.84. The van der Waals surface area contributed by atoms with Gasteiger partial charge in [0.2, 0.25) is 0 Å². The molecule has 138 valence electrons. The number of hydrogen-bond donors (Lipinski definition) is 1. The summed E-state index contributed by atoms with van der Waals surface area (Å²) in [5, 5.41) is 3.09. The van der Waals surface area contributed by atoms with Gasteiger partial charge in [-0.05, 0) is 62.6 Å². The SMILES string of the molecule is C=C1CC(C)CC(CCCNCc2c(F)cc(C(=O)OC)cc2F)C1. The van der Waals surface area contributed by atoms with Crippen LogP contribution in [0.3, 0.4) is 0 Å². The Morgan fingerprint density at radius 2 is 2.00 bits per heavy atom. The minimum Gasteiger partial charge on any atom is -0.465 e. The number of nitrogens with one attached hydrogen (secondary N) is 1. The van der Waals surface area contributed by atoms with E-state index in [-0.39, 0.29) is 17.7 Å². The van der Waals surface area contributed by atoms with Crippen molar-refractivity contribution in [3.63, 3.8) is 0 Å². The molecule has 5 heteroatoms. The molecule has 1 aromatic rings. The smallest absolute Gasteiger partial charge is 0.338 e. The molecule has 1 N–H and O–H groups in total. The maximum absolute atomic E-state index is 14.0. The van der Waals surface area contributed by atoms with Crippen LogP contribution in [0.25, 0.3) is 0 Å². The number of benzene rings is 1. The molecule has 0 spiro atoms. The second-order valence-corrected chi connectivity index (χ2v) is 7.09. The lowest BCUT2D eigenvalue weighted by Crippen LogP contribution is -2.20. The van der Waals surface area contributed by atoms with Gasteiger partial charge in [0, 0.05) is 12.1 Å². The Balaban J connectivity index is 1.78. The van der Waals surface area contributed by atoms with Crippen LogP contribution in [0.1, 0.15) is 54.9 Å². The number of hydrogen-bond acceptors (Lipinski definition) is 3. The average Bonchev–Trinajstić information content (AvgIpc) is 2.54. The van der Waals surface area contributed by atoms with Crippen molar-refractivity contribution in [1.29, 1.82) is 0 Å². The lowest BCUT2D eigenvalue weighted by molar-refractivity contribution is 0.0599. The Labute approximate surface area is 148 Å². The van der Waals surface area contributed by atoms with E-state index in [9.17, 15) is 13.6 Å². The van der Waals surface area contributed by atoms with E-state index in [1.54, 1.807) is 0 Å². The fraction of sp³-hybridized carbons (Fsp3) is 0.550. The van der Waals surface area contributed by atoms with E-state index in [1.165, 1.54) is 19.1 Å². The van der Waals surface area contributed by atoms with Crippen LogP contribution >= 0.6 is 0 Å². The van der Waals surface area contributed by atoms with Gasteiger partial charge in [-0.2, -0.15) is 0 Å². The van der Waals surface area contributed by atoms with Crippen LogP contribution in [0.15, 0.2) is 24.3 Å². The van der Waals surface area contributed by atoms with Crippen molar-refractivity contribution < 1.29 is 18.3 Å². The second kappa shape index (κ2) is 9.09. The Hall–Kier alpha value is -1.75. The van der Waals surface area contributed by atoms with Gasteiger partial charge < -0.3 is 10.1 Å². The van der Waals surface area contributed by atoms with Gasteiger partial charge in [-0.3, -0.25) is 0 Å². The highest BCUT2D eigenvalue weighted by molar-refractivity contribution is 5.89. The first kappa shape index (κ1) is 19.6. The molecule has 1 saturated carbocycles. The second-order valence-electron chi connectivity index (χ2n) is 7.09. The summed E-state index contributed by atoms with van der Waals surface area (Å²) >= 11 is 0. The lowest BCUT2D eigenvalue weighted by atomic mass is 9.78. The summed E-state index contributed by atoms with van der Waals surface area (Å²) in [6, 6.07) is 2.03. The molecule has 0 bridgehead atoms. The minimum atomic E-state index is -0.749. The van der Waals surface area contributed by atoms with E-state index in [4.69, 9.17) is 0 Å². The Morgan fingerprint density at radius 1 is 1.32 bits per heavy atom. The molecule has 0 aromatic heterocycles. The van der Waals surface area contributed by atoms with Crippen molar-refractivity contribution in [2.45, 2.75) is 45.6 Å². The van der Waals surface area contributed by atoms with Gasteiger partial charge in [0.25, 0.3) is 0 Å². The van der Waals surface area contributed by atoms with Crippen LogP contribution in [0.4, 0.5) is 8.78 Å². The van der Waals surface area contributed by atoms with E-state index in [1.807, 2.05) is 0 Å². The molecule has 0 aliphatic heterocycles. The highest BCUT2D eigenvalue weighted by Gasteiger charge is 2.20. The summed E-state index contributed by atoms with van der Waals surface area (Å²) in [6.07, 6.45) is 5.53. The maximum Gasteiger partial charge on any atom is 0.338 e. The number of carbonyl (C=O) groups excluding carboxylic acids is 1. The van der Waals surface area contributed by atoms with Crippen LogP contribution in [0, 0.1) is 23.5 Å². The number of esters is 1. The summed E-state index contributed by atoms with van der Waals surface area (Å²) in [5.74, 6) is -0.835. The third kappa shape index (κ3) is 5.63. The van der Waals surface area contributed by atoms with Crippen molar-refractivity contribution in [1.82, 2.24) is 5.32 Å². The summed E-state index contributed by atoms with van der Waals surface area (Å²) in [5.41, 5.74) is 1.17. The summed E-state index contributed by atoms with van der Waals surface area (Å²) in [6.45, 7) is 7.18. The molecule has 2 rings (SSSR count). The fourth-order valence-electron chi connectivity index (χ4n) is 3.68. The van der Waals surface area contributed by atoms with E-state index >= 15 is 0 Å². The van der Waals surface area contributed by atoms with E-state index in [0.717, 1.165) is 37.8 Å². The molecule has 3 nitrogen and oxygen atoms in total. The van der Waals surface area contributed by atoms with Crippen LogP contribution in [-0.2, 0) is 11.3 Å². The molecule has 1 aliphatic carbocycles. The van der Waals surface area contributed by atoms with Crippen LogP contribution < -0.4 is 5.32 Å². The number of ether oxygens (including phenoxy) is 1. The van der Waals surface area contributed by atoms with Crippen molar-refractivity contribution in [3.8, 4) is 0 Å². The molecule has 2 atom stereocenters. The number of carbonyl (C=O) groups is 1. The van der Waals surface area contributed by atoms with E-state index in [0.29, 0.717) is 18.4 Å². The van der Waals surface area contributed by atoms with Gasteiger partial charge in [-0.25, -0.2) is 13.6 Å². The van der Waals surface area contributed by atoms with E-state index < -0.39 is 17.6 Å². The molecule has 25 heavy (non-hydrogen) atoms. The number of rotatable bonds is 7. The van der Waals surface area contributed by atoms with Crippen molar-refractivity contribution in [3.05, 3.63) is 47.0 Å². The monoisotopic (exact) mass is 351 g/mol. The average molecular weight is 351 g/mol. The first-order chi connectivity index (χ1) is 11.9. The van der Waals surface area contributed by atoms with Gasteiger partial charge in [-0.15, -0.1) is 0 Å². The molecular weight excluding hydrogens is 324 g/mol. The zero-order valence-electron chi connectivity index (χ0n) is 15.0. The predicted octanol–water partition coefficient (Wildman–Crippen LogP) is 4.61. The quantitative estimate of drug-likeness (QED) is 0.443. The predicted molar refractivity (Wildman–Crippen MR) is 94.3 cm³/mol. The molecule has 1 aliphatic rings. The molecule has 0 saturated heterocycles. The third-order valence-electron chi connectivity index (χ3n) is 4.78. The Kier molecular flexibility index (Phi) is 7.12. The number of methoxy groups -OCH3 is 1. The van der Waals surface area contributed by atoms with E-state index in [2.05, 4.69) is 23.6 Å². The summed E-state index contributed by atoms with van der Waals surface area (Å²) < 4.78 is 32.5. The molecule has 0 radical (unpaired) electrons. The van der Waals surface area contributed by atoms with Crippen LogP contribution in [0.5, 0.6) is 0 Å². The zero-order valence-corrected chi connectivity index (χ0v) is 15.0. The Bertz CT molecular complexity index is 607. The first-order valence-electron chi connectivity index (χ1n) is 8.84. The highest BCUT2D eigenvalue weighted by atomic mass is 19.1. The molecule has 1 fully saturated rings. The normalized spacial score (nSPS) is 20.6. The van der Waals surface area contributed by atoms with Crippen molar-refractivity contribution >= 4 is 5.97 Å². The largest absolute Gasteiger partial charge is 0.465 e. The number of allylic oxidation sites excluding steroid dienone is 1. The van der Waals surface area contributed by atoms with Gasteiger partial charge in [0.15, 0.2) is 0 Å². The van der Waals surface area contributed by atoms with Crippen molar-refractivity contribution in [2.75, 3.05) is 13.7 Å². The molecule has 2 unspecified atom stereocenters. The third-order valence-corrected chi connectivity index (χ3v) is 4.78. The van der Waals surface area contributed by atoms with Crippen molar-refractivity contribution in [2.24, 2.45) is 11.8 Å². The highest BCUT2D eigenvalue weighted by Crippen LogP contribution is 2.34. The summed E-state index contributed by atoms with van der Waals surface area (Å²) in [4.78, 5) is 11.3.